The van der Waals surface area contributed by atoms with Crippen LogP contribution in [0.4, 0.5) is 0 Å². The highest BCUT2D eigenvalue weighted by Crippen LogP contribution is 2.27. The van der Waals surface area contributed by atoms with Gasteiger partial charge in [-0.05, 0) is 62.5 Å². The maximum absolute atomic E-state index is 11.8. The number of aryl methyl sites for hydroxylation is 2. The third-order valence-corrected chi connectivity index (χ3v) is 4.78. The van der Waals surface area contributed by atoms with E-state index in [2.05, 4.69) is 36.1 Å². The van der Waals surface area contributed by atoms with E-state index in [9.17, 15) is 4.79 Å². The first-order valence-corrected chi connectivity index (χ1v) is 8.08. The van der Waals surface area contributed by atoms with Crippen molar-refractivity contribution in [1.29, 1.82) is 0 Å². The van der Waals surface area contributed by atoms with Crippen LogP contribution in [0.2, 0.25) is 0 Å². The third kappa shape index (κ3) is 2.86. The van der Waals surface area contributed by atoms with E-state index in [0.717, 1.165) is 16.7 Å². The Morgan fingerprint density at radius 2 is 1.68 bits per heavy atom. The molecule has 0 radical (unpaired) electrons. The summed E-state index contributed by atoms with van der Waals surface area (Å²) in [4.78, 5) is 14.3. The quantitative estimate of drug-likeness (QED) is 0.866. The molecule has 0 aliphatic carbocycles. The Bertz CT molecular complexity index is 683. The van der Waals surface area contributed by atoms with Crippen molar-refractivity contribution in [2.24, 2.45) is 7.05 Å². The number of pyridine rings is 1. The molecule has 3 nitrogen and oxygen atoms in total. The van der Waals surface area contributed by atoms with Crippen LogP contribution < -0.4 is 5.56 Å². The van der Waals surface area contributed by atoms with Crippen LogP contribution >= 0.6 is 0 Å². The van der Waals surface area contributed by atoms with Gasteiger partial charge >= 0.3 is 0 Å². The number of likely N-dealkylation sites (tertiary alicyclic amines) is 1. The van der Waals surface area contributed by atoms with Gasteiger partial charge in [0, 0.05) is 24.8 Å². The molecule has 0 N–H and O–H groups in total. The zero-order valence-corrected chi connectivity index (χ0v) is 13.7. The Morgan fingerprint density at radius 1 is 1.05 bits per heavy atom. The Hall–Kier alpha value is -1.87. The minimum atomic E-state index is 0.0722. The van der Waals surface area contributed by atoms with Crippen molar-refractivity contribution in [2.75, 3.05) is 13.1 Å². The number of rotatable bonds is 3. The number of aromatic nitrogens is 1. The van der Waals surface area contributed by atoms with Crippen molar-refractivity contribution in [1.82, 2.24) is 9.47 Å². The lowest BCUT2D eigenvalue weighted by Crippen LogP contribution is -2.23. The average Bonchev–Trinajstić information content (AvgIpc) is 3.06. The van der Waals surface area contributed by atoms with Gasteiger partial charge in [0.05, 0.1) is 0 Å². The predicted molar refractivity (Wildman–Crippen MR) is 91.1 cm³/mol. The molecule has 2 aromatic rings. The fraction of sp³-hybridized carbons (Fsp3) is 0.421. The van der Waals surface area contributed by atoms with Crippen LogP contribution in [0, 0.1) is 6.92 Å². The fourth-order valence-electron chi connectivity index (χ4n) is 3.33. The van der Waals surface area contributed by atoms with Crippen molar-refractivity contribution >= 4 is 0 Å². The van der Waals surface area contributed by atoms with Crippen LogP contribution in [0.1, 0.15) is 36.9 Å². The van der Waals surface area contributed by atoms with E-state index in [1.54, 1.807) is 4.57 Å². The van der Waals surface area contributed by atoms with E-state index >= 15 is 0 Å². The largest absolute Gasteiger partial charge is 0.318 e. The molecule has 2 heterocycles. The molecule has 0 bridgehead atoms. The van der Waals surface area contributed by atoms with Crippen LogP contribution in [0.3, 0.4) is 0 Å². The van der Waals surface area contributed by atoms with E-state index in [0.29, 0.717) is 6.04 Å². The summed E-state index contributed by atoms with van der Waals surface area (Å²) in [5.41, 5.74) is 4.49. The van der Waals surface area contributed by atoms with E-state index < -0.39 is 0 Å². The monoisotopic (exact) mass is 296 g/mol. The molecular formula is C19H24N2O. The van der Waals surface area contributed by atoms with Gasteiger partial charge in [0.15, 0.2) is 0 Å². The van der Waals surface area contributed by atoms with E-state index in [-0.39, 0.29) is 5.56 Å². The van der Waals surface area contributed by atoms with Crippen molar-refractivity contribution in [3.05, 3.63) is 58.0 Å². The highest BCUT2D eigenvalue weighted by Gasteiger charge is 2.19. The lowest BCUT2D eigenvalue weighted by atomic mass is 10.0. The molecule has 3 heteroatoms. The van der Waals surface area contributed by atoms with Crippen molar-refractivity contribution in [2.45, 2.75) is 32.7 Å². The van der Waals surface area contributed by atoms with E-state index in [4.69, 9.17) is 0 Å². The molecule has 1 aliphatic rings. The summed E-state index contributed by atoms with van der Waals surface area (Å²) in [5, 5.41) is 0. The highest BCUT2D eigenvalue weighted by molar-refractivity contribution is 5.63. The minimum Gasteiger partial charge on any atom is -0.318 e. The molecule has 22 heavy (non-hydrogen) atoms. The lowest BCUT2D eigenvalue weighted by Gasteiger charge is -2.24. The molecule has 116 valence electrons. The number of benzene rings is 1. The molecule has 0 amide bonds. The van der Waals surface area contributed by atoms with Gasteiger partial charge in [0.25, 0.3) is 5.56 Å². The Labute approximate surface area is 132 Å². The van der Waals surface area contributed by atoms with Gasteiger partial charge in [-0.1, -0.05) is 24.3 Å². The van der Waals surface area contributed by atoms with Crippen LogP contribution in [0.15, 0.2) is 41.3 Å². The second kappa shape index (κ2) is 6.09. The number of hydrogen-bond acceptors (Lipinski definition) is 2. The summed E-state index contributed by atoms with van der Waals surface area (Å²) in [7, 11) is 1.81. The Kier molecular flexibility index (Phi) is 4.16. The first-order chi connectivity index (χ1) is 10.6. The first kappa shape index (κ1) is 15.0. The van der Waals surface area contributed by atoms with Crippen LogP contribution in [0.25, 0.3) is 11.1 Å². The minimum absolute atomic E-state index is 0.0722. The van der Waals surface area contributed by atoms with Crippen molar-refractivity contribution in [3.63, 3.8) is 0 Å². The van der Waals surface area contributed by atoms with Gasteiger partial charge in [-0.2, -0.15) is 0 Å². The second-order valence-electron chi connectivity index (χ2n) is 6.37. The summed E-state index contributed by atoms with van der Waals surface area (Å²) < 4.78 is 1.66. The molecular weight excluding hydrogens is 272 g/mol. The van der Waals surface area contributed by atoms with E-state index in [1.807, 2.05) is 26.2 Å². The molecule has 3 rings (SSSR count). The smallest absolute Gasteiger partial charge is 0.253 e. The maximum Gasteiger partial charge on any atom is 0.253 e. The number of hydrogen-bond donors (Lipinski definition) is 0. The zero-order valence-electron chi connectivity index (χ0n) is 13.7. The van der Waals surface area contributed by atoms with E-state index in [1.165, 1.54) is 31.5 Å². The van der Waals surface area contributed by atoms with Gasteiger partial charge in [0.1, 0.15) is 0 Å². The molecule has 1 saturated heterocycles. The molecule has 0 spiro atoms. The summed E-state index contributed by atoms with van der Waals surface area (Å²) in [5.74, 6) is 0. The maximum atomic E-state index is 11.8. The molecule has 1 atom stereocenters. The second-order valence-corrected chi connectivity index (χ2v) is 6.37. The standard InChI is InChI=1S/C19H24N2O/c1-14-12-18(13-20(3)19(14)22)17-8-6-16(7-9-17)15(2)21-10-4-5-11-21/h6-9,12-13,15H,4-5,10-11H2,1-3H3. The lowest BCUT2D eigenvalue weighted by molar-refractivity contribution is 0.263. The van der Waals surface area contributed by atoms with Gasteiger partial charge in [-0.15, -0.1) is 0 Å². The molecule has 1 aliphatic heterocycles. The summed E-state index contributed by atoms with van der Waals surface area (Å²) in [6.07, 6.45) is 4.55. The topological polar surface area (TPSA) is 25.2 Å². The van der Waals surface area contributed by atoms with Gasteiger partial charge in [0.2, 0.25) is 0 Å². The predicted octanol–water partition coefficient (Wildman–Crippen LogP) is 3.52. The third-order valence-electron chi connectivity index (χ3n) is 4.78. The molecule has 0 saturated carbocycles. The SMILES string of the molecule is Cc1cc(-c2ccc(C(C)N3CCCC3)cc2)cn(C)c1=O. The van der Waals surface area contributed by atoms with Crippen LogP contribution in [0.5, 0.6) is 0 Å². The summed E-state index contributed by atoms with van der Waals surface area (Å²) in [6.45, 7) is 6.58. The Morgan fingerprint density at radius 3 is 2.27 bits per heavy atom. The first-order valence-electron chi connectivity index (χ1n) is 8.08. The summed E-state index contributed by atoms with van der Waals surface area (Å²) >= 11 is 0. The molecule has 1 unspecified atom stereocenters. The molecule has 1 aromatic heterocycles. The van der Waals surface area contributed by atoms with Crippen LogP contribution in [-0.2, 0) is 7.05 Å². The number of nitrogens with zero attached hydrogens (tertiary/aromatic N) is 2. The van der Waals surface area contributed by atoms with Crippen molar-refractivity contribution in [3.8, 4) is 11.1 Å². The fourth-order valence-corrected chi connectivity index (χ4v) is 3.33. The average molecular weight is 296 g/mol. The normalized spacial score (nSPS) is 16.9. The van der Waals surface area contributed by atoms with Crippen molar-refractivity contribution < 1.29 is 0 Å². The van der Waals surface area contributed by atoms with Crippen LogP contribution in [-0.4, -0.2) is 22.6 Å². The summed E-state index contributed by atoms with van der Waals surface area (Å²) in [6, 6.07) is 11.2. The zero-order chi connectivity index (χ0) is 15.7. The van der Waals surface area contributed by atoms with Gasteiger partial charge < -0.3 is 4.57 Å². The Balaban J connectivity index is 1.86. The highest BCUT2D eigenvalue weighted by atomic mass is 16.1. The van der Waals surface area contributed by atoms with Gasteiger partial charge in [-0.25, -0.2) is 0 Å². The molecule has 1 fully saturated rings. The molecule has 1 aromatic carbocycles. The van der Waals surface area contributed by atoms with Gasteiger partial charge in [-0.3, -0.25) is 9.69 Å².